The van der Waals surface area contributed by atoms with Gasteiger partial charge in [0.2, 0.25) is 0 Å². The minimum absolute atomic E-state index is 0.0208. The van der Waals surface area contributed by atoms with Gasteiger partial charge >= 0.3 is 19.8 Å². The fourth-order valence-electron chi connectivity index (χ4n) is 2.63. The number of carboxylic acids is 3. The van der Waals surface area contributed by atoms with Crippen LogP contribution >= 0.6 is 7.82 Å². The molecule has 1 aromatic rings. The third-order valence-corrected chi connectivity index (χ3v) is 5.59. The Balaban J connectivity index is 0.000000705. The van der Waals surface area contributed by atoms with E-state index in [4.69, 9.17) is 36.2 Å². The third kappa shape index (κ3) is 12.3. The van der Waals surface area contributed by atoms with Crippen LogP contribution in [0.2, 0.25) is 0 Å². The molecule has 0 aliphatic carbocycles. The number of nitrogens with zero attached hydrogens (tertiary/aromatic N) is 1. The van der Waals surface area contributed by atoms with Gasteiger partial charge in [0.15, 0.2) is 18.5 Å². The van der Waals surface area contributed by atoms with Crippen molar-refractivity contribution in [3.8, 4) is 0 Å². The molecule has 1 fully saturated rings. The molecule has 38 heavy (non-hydrogen) atoms. The Morgan fingerprint density at radius 3 is 1.87 bits per heavy atom. The van der Waals surface area contributed by atoms with Gasteiger partial charge in [-0.25, -0.2) is 4.57 Å². The molecule has 1 aliphatic rings. The molecule has 0 aromatic carbocycles. The van der Waals surface area contributed by atoms with Gasteiger partial charge < -0.3 is 56.3 Å². The van der Waals surface area contributed by atoms with Gasteiger partial charge in [-0.1, -0.05) is 27.7 Å². The number of phosphoric ester groups is 1. The summed E-state index contributed by atoms with van der Waals surface area (Å²) < 4.78 is 21.4. The second-order valence-corrected chi connectivity index (χ2v) is 10.1. The second-order valence-electron chi connectivity index (χ2n) is 8.88. The molecule has 0 saturated carbocycles. The van der Waals surface area contributed by atoms with Crippen molar-refractivity contribution in [3.63, 3.8) is 0 Å². The van der Waals surface area contributed by atoms with Gasteiger partial charge in [0.05, 0.1) is 18.1 Å². The van der Waals surface area contributed by atoms with Crippen LogP contribution in [-0.4, -0.2) is 85.1 Å². The Hall–Kier alpha value is -2.53. The number of aromatic nitrogens is 1. The lowest BCUT2D eigenvalue weighted by atomic mass is 10.1. The first-order chi connectivity index (χ1) is 17.3. The zero-order valence-corrected chi connectivity index (χ0v) is 22.1. The Morgan fingerprint density at radius 2 is 1.53 bits per heavy atom. The van der Waals surface area contributed by atoms with E-state index in [0.29, 0.717) is 0 Å². The highest BCUT2D eigenvalue weighted by atomic mass is 31.2. The van der Waals surface area contributed by atoms with E-state index in [1.807, 2.05) is 0 Å². The van der Waals surface area contributed by atoms with Crippen molar-refractivity contribution in [2.45, 2.75) is 64.3 Å². The summed E-state index contributed by atoms with van der Waals surface area (Å²) in [5, 5.41) is 47.0. The lowest BCUT2D eigenvalue weighted by Gasteiger charge is -2.13. The molecule has 10 N–H and O–H groups in total. The zero-order valence-electron chi connectivity index (χ0n) is 21.2. The minimum atomic E-state index is -4.74. The first-order valence-electron chi connectivity index (χ1n) is 11.2. The molecule has 0 spiro atoms. The Kier molecular flexibility index (Phi) is 14.7. The van der Waals surface area contributed by atoms with Gasteiger partial charge in [0.1, 0.15) is 24.3 Å². The van der Waals surface area contributed by atoms with Crippen LogP contribution in [0.1, 0.15) is 44.3 Å². The largest absolute Gasteiger partial charge is 0.545 e. The van der Waals surface area contributed by atoms with Crippen LogP contribution in [0.15, 0.2) is 24.5 Å². The molecule has 0 bridgehead atoms. The number of aliphatic carboxylic acids is 2. The molecule has 1 aliphatic heterocycles. The summed E-state index contributed by atoms with van der Waals surface area (Å²) in [5.41, 5.74) is 10.2. The Morgan fingerprint density at radius 1 is 1.05 bits per heavy atom. The summed E-state index contributed by atoms with van der Waals surface area (Å²) in [5.74, 6) is -3.25. The molecular formula is C21H36N3O13P. The van der Waals surface area contributed by atoms with E-state index >= 15 is 0 Å². The van der Waals surface area contributed by atoms with Crippen LogP contribution in [0, 0.1) is 11.8 Å². The maximum atomic E-state index is 10.8. The SMILES string of the molecule is CC(C)C(N)C(=O)O.CC(C)C(N)C(=O)O.O=C([O-])c1ccc[n+]([C@@H]2O[C@H](COP(=O)(O)O)[C@@H](O)[C@H]2O)c1. The second kappa shape index (κ2) is 15.8. The number of ether oxygens (including phenoxy) is 1. The summed E-state index contributed by atoms with van der Waals surface area (Å²) in [7, 11) is -4.74. The molecule has 2 unspecified atom stereocenters. The van der Waals surface area contributed by atoms with Gasteiger partial charge in [-0.15, -0.1) is 0 Å². The van der Waals surface area contributed by atoms with Gasteiger partial charge in [-0.05, 0) is 17.9 Å². The number of nitrogens with two attached hydrogens (primary N) is 2. The number of rotatable bonds is 9. The third-order valence-electron chi connectivity index (χ3n) is 5.10. The van der Waals surface area contributed by atoms with E-state index in [1.165, 1.54) is 22.9 Å². The molecule has 218 valence electrons. The maximum absolute atomic E-state index is 10.8. The molecule has 0 radical (unpaired) electrons. The minimum Gasteiger partial charge on any atom is -0.545 e. The van der Waals surface area contributed by atoms with Crippen LogP contribution in [0.5, 0.6) is 0 Å². The predicted octanol–water partition coefficient (Wildman–Crippen LogP) is -2.83. The van der Waals surface area contributed by atoms with E-state index in [-0.39, 0.29) is 17.4 Å². The standard InChI is InChI=1S/C11H14NO9P.2C5H11NO2/c13-8-7(5-20-22(17,18)19)21-10(9(8)14)12-3-1-2-6(4-12)11(15)16;2*1-3(2)4(6)5(7)8/h1-4,7-10,13-14H,5H2,(H2-,15,16,17,18,19);2*3-4H,6H2,1-2H3,(H,7,8)/t7-,8-,9-,10-;;/m1../s1. The first kappa shape index (κ1) is 35.5. The summed E-state index contributed by atoms with van der Waals surface area (Å²) in [6.07, 6.45) is -2.68. The number of phosphoric acid groups is 1. The van der Waals surface area contributed by atoms with Crippen molar-refractivity contribution >= 4 is 25.7 Å². The zero-order chi connectivity index (χ0) is 30.0. The van der Waals surface area contributed by atoms with Crippen LogP contribution in [-0.2, 0) is 23.4 Å². The number of carbonyl (C=O) groups excluding carboxylic acids is 1. The smallest absolute Gasteiger partial charge is 0.469 e. The molecule has 17 heteroatoms. The summed E-state index contributed by atoms with van der Waals surface area (Å²) in [4.78, 5) is 48.1. The van der Waals surface area contributed by atoms with Crippen molar-refractivity contribution in [2.24, 2.45) is 23.3 Å². The highest BCUT2D eigenvalue weighted by molar-refractivity contribution is 7.46. The van der Waals surface area contributed by atoms with E-state index in [2.05, 4.69) is 4.52 Å². The van der Waals surface area contributed by atoms with Crippen molar-refractivity contribution in [3.05, 3.63) is 30.1 Å². The fraction of sp³-hybridized carbons (Fsp3) is 0.619. The molecule has 16 nitrogen and oxygen atoms in total. The van der Waals surface area contributed by atoms with Crippen LogP contribution in [0.25, 0.3) is 0 Å². The average molecular weight is 570 g/mol. The average Bonchev–Trinajstić information content (AvgIpc) is 3.10. The fourth-order valence-corrected chi connectivity index (χ4v) is 2.97. The number of aliphatic hydroxyl groups is 2. The maximum Gasteiger partial charge on any atom is 0.469 e. The number of pyridine rings is 1. The quantitative estimate of drug-likeness (QED) is 0.110. The topological polar surface area (TPSA) is 287 Å². The van der Waals surface area contributed by atoms with E-state index in [9.17, 15) is 34.3 Å². The normalized spacial score (nSPS) is 22.5. The molecule has 1 saturated heterocycles. The summed E-state index contributed by atoms with van der Waals surface area (Å²) >= 11 is 0. The van der Waals surface area contributed by atoms with E-state index in [1.54, 1.807) is 27.7 Å². The molecular weight excluding hydrogens is 533 g/mol. The number of hydrogen-bond donors (Lipinski definition) is 8. The van der Waals surface area contributed by atoms with E-state index < -0.39 is 69.0 Å². The molecule has 0 amide bonds. The number of hydrogen-bond acceptors (Lipinski definition) is 11. The lowest BCUT2D eigenvalue weighted by molar-refractivity contribution is -0.765. The Labute approximate surface area is 218 Å². The van der Waals surface area contributed by atoms with Crippen LogP contribution < -0.4 is 21.1 Å². The molecule has 2 heterocycles. The van der Waals surface area contributed by atoms with Crippen molar-refractivity contribution in [1.82, 2.24) is 0 Å². The lowest BCUT2D eigenvalue weighted by Crippen LogP contribution is -2.46. The molecule has 2 rings (SSSR count). The number of aliphatic hydroxyl groups excluding tert-OH is 2. The highest BCUT2D eigenvalue weighted by Crippen LogP contribution is 2.37. The van der Waals surface area contributed by atoms with Gasteiger partial charge in [-0.3, -0.25) is 14.1 Å². The number of aromatic carboxylic acids is 1. The van der Waals surface area contributed by atoms with Crippen LogP contribution in [0.3, 0.4) is 0 Å². The van der Waals surface area contributed by atoms with Crippen molar-refractivity contribution in [1.29, 1.82) is 0 Å². The van der Waals surface area contributed by atoms with Gasteiger partial charge in [0.25, 0.3) is 6.23 Å². The van der Waals surface area contributed by atoms with Crippen molar-refractivity contribution in [2.75, 3.05) is 6.61 Å². The molecule has 1 aromatic heterocycles. The Bertz CT molecular complexity index is 947. The summed E-state index contributed by atoms with van der Waals surface area (Å²) in [6.45, 7) is 6.47. The van der Waals surface area contributed by atoms with Crippen LogP contribution in [0.4, 0.5) is 0 Å². The van der Waals surface area contributed by atoms with Crippen molar-refractivity contribution < 1.29 is 68.1 Å². The highest BCUT2D eigenvalue weighted by Gasteiger charge is 2.48. The summed E-state index contributed by atoms with van der Waals surface area (Å²) in [6, 6.07) is 1.23. The predicted molar refractivity (Wildman–Crippen MR) is 126 cm³/mol. The van der Waals surface area contributed by atoms with Gasteiger partial charge in [0, 0.05) is 6.07 Å². The van der Waals surface area contributed by atoms with Gasteiger partial charge in [-0.2, -0.15) is 4.57 Å². The number of carboxylic acid groups (broad SMARTS) is 3. The number of carbonyl (C=O) groups is 3. The first-order valence-corrected chi connectivity index (χ1v) is 12.7. The van der Waals surface area contributed by atoms with E-state index in [0.717, 1.165) is 6.20 Å². The molecule has 6 atom stereocenters. The monoisotopic (exact) mass is 569 g/mol.